The third kappa shape index (κ3) is 4.30. The second-order valence-electron chi connectivity index (χ2n) is 5.69. The molecule has 128 valence electrons. The van der Waals surface area contributed by atoms with E-state index < -0.39 is 4.92 Å². The maximum absolute atomic E-state index is 12.1. The number of nitro benzene ring substituents is 1. The molecule has 0 spiro atoms. The van der Waals surface area contributed by atoms with Crippen molar-refractivity contribution in [1.29, 1.82) is 0 Å². The lowest BCUT2D eigenvalue weighted by atomic mass is 10.1. The molecule has 1 aliphatic heterocycles. The van der Waals surface area contributed by atoms with Crippen molar-refractivity contribution in [2.45, 2.75) is 0 Å². The maximum Gasteiger partial charge on any atom is 0.269 e. The normalized spacial score (nSPS) is 14.6. The van der Waals surface area contributed by atoms with Crippen LogP contribution in [0.25, 0.3) is 6.08 Å². The van der Waals surface area contributed by atoms with Gasteiger partial charge in [-0.3, -0.25) is 14.9 Å². The van der Waals surface area contributed by atoms with Gasteiger partial charge in [-0.05, 0) is 35.9 Å². The lowest BCUT2D eigenvalue weighted by molar-refractivity contribution is -0.384. The molecule has 0 unspecified atom stereocenters. The summed E-state index contributed by atoms with van der Waals surface area (Å²) < 4.78 is 5.34. The zero-order valence-corrected chi connectivity index (χ0v) is 13.6. The highest BCUT2D eigenvalue weighted by Crippen LogP contribution is 2.18. The van der Waals surface area contributed by atoms with E-state index in [1.807, 2.05) is 24.3 Å². The molecule has 25 heavy (non-hydrogen) atoms. The first-order valence-electron chi connectivity index (χ1n) is 8.03. The number of rotatable bonds is 5. The van der Waals surface area contributed by atoms with E-state index in [2.05, 4.69) is 4.90 Å². The summed E-state index contributed by atoms with van der Waals surface area (Å²) in [6.07, 6.45) is 3.22. The fourth-order valence-electron chi connectivity index (χ4n) is 2.63. The third-order valence-electron chi connectivity index (χ3n) is 4.06. The summed E-state index contributed by atoms with van der Waals surface area (Å²) in [5.74, 6) is -0.188. The smallest absolute Gasteiger partial charge is 0.269 e. The van der Waals surface area contributed by atoms with Gasteiger partial charge in [0.15, 0.2) is 5.78 Å². The molecule has 6 heteroatoms. The number of nitrogens with zero attached hydrogens (tertiary/aromatic N) is 2. The molecule has 0 radical (unpaired) electrons. The fraction of sp³-hybridized carbons (Fsp3) is 0.211. The Morgan fingerprint density at radius 3 is 2.28 bits per heavy atom. The molecular formula is C19H18N2O4. The van der Waals surface area contributed by atoms with Crippen molar-refractivity contribution in [2.24, 2.45) is 0 Å². The highest BCUT2D eigenvalue weighted by Gasteiger charge is 2.10. The molecule has 1 aliphatic rings. The number of benzene rings is 2. The van der Waals surface area contributed by atoms with Gasteiger partial charge in [0.1, 0.15) is 0 Å². The molecule has 1 heterocycles. The Bertz CT molecular complexity index is 776. The van der Waals surface area contributed by atoms with Gasteiger partial charge in [-0.15, -0.1) is 0 Å². The maximum atomic E-state index is 12.1. The summed E-state index contributed by atoms with van der Waals surface area (Å²) in [6.45, 7) is 3.25. The van der Waals surface area contributed by atoms with Gasteiger partial charge in [-0.25, -0.2) is 0 Å². The second-order valence-corrected chi connectivity index (χ2v) is 5.69. The molecule has 0 atom stereocenters. The number of carbonyl (C=O) groups is 1. The van der Waals surface area contributed by atoms with E-state index in [-0.39, 0.29) is 11.5 Å². The number of hydrogen-bond acceptors (Lipinski definition) is 5. The van der Waals surface area contributed by atoms with Crippen LogP contribution in [-0.2, 0) is 4.74 Å². The van der Waals surface area contributed by atoms with E-state index in [9.17, 15) is 14.9 Å². The first-order chi connectivity index (χ1) is 12.1. The Hall–Kier alpha value is -2.99. The average Bonchev–Trinajstić information content (AvgIpc) is 2.67. The first-order valence-corrected chi connectivity index (χ1v) is 8.03. The summed E-state index contributed by atoms with van der Waals surface area (Å²) in [7, 11) is 0. The number of ketones is 1. The summed E-state index contributed by atoms with van der Waals surface area (Å²) in [4.78, 5) is 24.5. The van der Waals surface area contributed by atoms with E-state index in [1.54, 1.807) is 6.08 Å². The number of ether oxygens (including phenoxy) is 1. The van der Waals surface area contributed by atoms with Crippen LogP contribution in [0, 0.1) is 10.1 Å². The molecule has 3 rings (SSSR count). The minimum atomic E-state index is -0.486. The Balaban J connectivity index is 1.64. The minimum Gasteiger partial charge on any atom is -0.378 e. The SMILES string of the molecule is O=C(/C=C/c1ccc(N2CCOCC2)cc1)c1ccc([N+](=O)[O-])cc1. The van der Waals surface area contributed by atoms with Crippen LogP contribution in [0.4, 0.5) is 11.4 Å². The van der Waals surface area contributed by atoms with Crippen LogP contribution in [0.15, 0.2) is 54.6 Å². The van der Waals surface area contributed by atoms with Crippen LogP contribution >= 0.6 is 0 Å². The van der Waals surface area contributed by atoms with Crippen molar-refractivity contribution in [1.82, 2.24) is 0 Å². The van der Waals surface area contributed by atoms with Gasteiger partial charge in [-0.2, -0.15) is 0 Å². The van der Waals surface area contributed by atoms with Crippen molar-refractivity contribution in [3.8, 4) is 0 Å². The number of anilines is 1. The monoisotopic (exact) mass is 338 g/mol. The zero-order valence-electron chi connectivity index (χ0n) is 13.6. The molecule has 0 aliphatic carbocycles. The summed E-state index contributed by atoms with van der Waals surface area (Å²) in [5, 5.41) is 10.6. The van der Waals surface area contributed by atoms with E-state index >= 15 is 0 Å². The van der Waals surface area contributed by atoms with Crippen molar-refractivity contribution in [3.05, 3.63) is 75.8 Å². The van der Waals surface area contributed by atoms with Gasteiger partial charge in [0, 0.05) is 36.5 Å². The lowest BCUT2D eigenvalue weighted by Gasteiger charge is -2.28. The van der Waals surface area contributed by atoms with E-state index in [4.69, 9.17) is 4.74 Å². The standard InChI is InChI=1S/C19H18N2O4/c22-19(16-4-8-18(9-5-16)21(23)24)10-3-15-1-6-17(7-2-15)20-11-13-25-14-12-20/h1-10H,11-14H2/b10-3+. The van der Waals surface area contributed by atoms with Crippen LogP contribution in [-0.4, -0.2) is 37.0 Å². The molecule has 1 saturated heterocycles. The van der Waals surface area contributed by atoms with Crippen LogP contribution in [0.1, 0.15) is 15.9 Å². The van der Waals surface area contributed by atoms with Crippen LogP contribution in [0.2, 0.25) is 0 Å². The zero-order chi connectivity index (χ0) is 17.6. The number of allylic oxidation sites excluding steroid dienone is 1. The van der Waals surface area contributed by atoms with Crippen LogP contribution < -0.4 is 4.90 Å². The van der Waals surface area contributed by atoms with E-state index in [1.165, 1.54) is 30.3 Å². The largest absolute Gasteiger partial charge is 0.378 e. The van der Waals surface area contributed by atoms with Gasteiger partial charge in [0.25, 0.3) is 5.69 Å². The molecule has 0 N–H and O–H groups in total. The van der Waals surface area contributed by atoms with Gasteiger partial charge in [0.2, 0.25) is 0 Å². The first kappa shape index (κ1) is 16.9. The lowest BCUT2D eigenvalue weighted by Crippen LogP contribution is -2.36. The average molecular weight is 338 g/mol. The predicted octanol–water partition coefficient (Wildman–Crippen LogP) is 3.33. The van der Waals surface area contributed by atoms with Crippen molar-refractivity contribution in [3.63, 3.8) is 0 Å². The molecule has 0 bridgehead atoms. The molecule has 2 aromatic carbocycles. The Morgan fingerprint density at radius 2 is 1.68 bits per heavy atom. The Morgan fingerprint density at radius 1 is 1.04 bits per heavy atom. The number of morpholine rings is 1. The highest BCUT2D eigenvalue weighted by atomic mass is 16.6. The minimum absolute atomic E-state index is 0.0285. The third-order valence-corrected chi connectivity index (χ3v) is 4.06. The van der Waals surface area contributed by atoms with Gasteiger partial charge >= 0.3 is 0 Å². The molecule has 0 saturated carbocycles. The number of nitro groups is 1. The van der Waals surface area contributed by atoms with E-state index in [0.29, 0.717) is 5.56 Å². The topological polar surface area (TPSA) is 72.7 Å². The van der Waals surface area contributed by atoms with Crippen molar-refractivity contribution in [2.75, 3.05) is 31.2 Å². The predicted molar refractivity (Wildman–Crippen MR) is 95.9 cm³/mol. The Kier molecular flexibility index (Phi) is 5.20. The molecular weight excluding hydrogens is 320 g/mol. The Labute approximate surface area is 145 Å². The summed E-state index contributed by atoms with van der Waals surface area (Å²) in [6, 6.07) is 13.6. The highest BCUT2D eigenvalue weighted by molar-refractivity contribution is 6.06. The second kappa shape index (κ2) is 7.72. The van der Waals surface area contributed by atoms with Gasteiger partial charge in [-0.1, -0.05) is 18.2 Å². The molecule has 0 amide bonds. The summed E-state index contributed by atoms with van der Waals surface area (Å²) >= 11 is 0. The fourth-order valence-corrected chi connectivity index (χ4v) is 2.63. The van der Waals surface area contributed by atoms with Gasteiger partial charge < -0.3 is 9.64 Å². The van der Waals surface area contributed by atoms with Gasteiger partial charge in [0.05, 0.1) is 18.1 Å². The van der Waals surface area contributed by atoms with Crippen molar-refractivity contribution >= 4 is 23.2 Å². The number of carbonyl (C=O) groups excluding carboxylic acids is 1. The quantitative estimate of drug-likeness (QED) is 0.362. The van der Waals surface area contributed by atoms with Crippen LogP contribution in [0.5, 0.6) is 0 Å². The molecule has 2 aromatic rings. The molecule has 6 nitrogen and oxygen atoms in total. The van der Waals surface area contributed by atoms with E-state index in [0.717, 1.165) is 37.6 Å². The molecule has 0 aromatic heterocycles. The molecule has 1 fully saturated rings. The van der Waals surface area contributed by atoms with Crippen molar-refractivity contribution < 1.29 is 14.5 Å². The number of non-ortho nitro benzene ring substituents is 1. The summed E-state index contributed by atoms with van der Waals surface area (Å²) in [5.41, 5.74) is 2.46. The number of hydrogen-bond donors (Lipinski definition) is 0. The van der Waals surface area contributed by atoms with Crippen LogP contribution in [0.3, 0.4) is 0 Å².